The van der Waals surface area contributed by atoms with Crippen molar-refractivity contribution in [3.63, 3.8) is 0 Å². The molecule has 0 aliphatic heterocycles. The normalized spacial score (nSPS) is 8.89. The maximum absolute atomic E-state index is 9.76. The van der Waals surface area contributed by atoms with Crippen LogP contribution in [0.15, 0.2) is 0 Å². The predicted octanol–water partition coefficient (Wildman–Crippen LogP) is -0.209. The fraction of sp³-hybridized carbons (Fsp3) is 0.667. The van der Waals surface area contributed by atoms with Crippen molar-refractivity contribution in [1.82, 2.24) is 5.32 Å². The van der Waals surface area contributed by atoms with Gasteiger partial charge in [0.15, 0.2) is 0 Å². The zero-order chi connectivity index (χ0) is 7.28. The maximum atomic E-state index is 9.76. The van der Waals surface area contributed by atoms with E-state index in [1.165, 1.54) is 0 Å². The molecule has 52 valence electrons. The SMILES string of the molecule is O=C(O)CNCP(=O)=O. The van der Waals surface area contributed by atoms with Gasteiger partial charge in [0.2, 0.25) is 0 Å². The Morgan fingerprint density at radius 2 is 2.11 bits per heavy atom. The van der Waals surface area contributed by atoms with E-state index in [4.69, 9.17) is 5.11 Å². The van der Waals surface area contributed by atoms with E-state index in [1.54, 1.807) is 0 Å². The van der Waals surface area contributed by atoms with Gasteiger partial charge in [0, 0.05) is 0 Å². The molecule has 2 N–H and O–H groups in total. The molecule has 0 radical (unpaired) electrons. The molecule has 0 fully saturated rings. The number of aliphatic carboxylic acids is 1. The second-order valence-corrected chi connectivity index (χ2v) is 2.29. The van der Waals surface area contributed by atoms with E-state index >= 15 is 0 Å². The lowest BCUT2D eigenvalue weighted by Gasteiger charge is -1.89. The fourth-order valence-corrected chi connectivity index (χ4v) is 0.548. The Morgan fingerprint density at radius 1 is 1.56 bits per heavy atom. The van der Waals surface area contributed by atoms with Gasteiger partial charge >= 0.3 is 13.6 Å². The minimum absolute atomic E-state index is 0.276. The molecule has 0 saturated carbocycles. The van der Waals surface area contributed by atoms with Crippen LogP contribution in [0.25, 0.3) is 0 Å². The van der Waals surface area contributed by atoms with Gasteiger partial charge in [0.25, 0.3) is 0 Å². The van der Waals surface area contributed by atoms with Gasteiger partial charge in [-0.15, -0.1) is 0 Å². The maximum Gasteiger partial charge on any atom is 0.329 e. The third kappa shape index (κ3) is 7.33. The molecule has 0 heterocycles. The van der Waals surface area contributed by atoms with Crippen LogP contribution >= 0.6 is 7.68 Å². The molecule has 0 aromatic rings. The second kappa shape index (κ2) is 4.23. The summed E-state index contributed by atoms with van der Waals surface area (Å²) in [4.78, 5) is 9.72. The van der Waals surface area contributed by atoms with Crippen molar-refractivity contribution in [1.29, 1.82) is 0 Å². The highest BCUT2D eigenvalue weighted by Gasteiger charge is 1.95. The molecule has 0 amide bonds. The van der Waals surface area contributed by atoms with Gasteiger partial charge in [-0.25, -0.2) is 9.13 Å². The molecule has 0 aliphatic carbocycles. The Bertz CT molecular complexity index is 155. The average molecular weight is 151 g/mol. The Morgan fingerprint density at radius 3 is 2.44 bits per heavy atom. The van der Waals surface area contributed by atoms with Crippen LogP contribution in [0.3, 0.4) is 0 Å². The first kappa shape index (κ1) is 8.33. The molecule has 0 atom stereocenters. The molecule has 0 rings (SSSR count). The molecular formula is C3H6NO4P. The molecule has 0 bridgehead atoms. The first-order valence-electron chi connectivity index (χ1n) is 2.17. The molecule has 0 saturated heterocycles. The minimum atomic E-state index is -2.51. The lowest BCUT2D eigenvalue weighted by molar-refractivity contribution is -0.135. The van der Waals surface area contributed by atoms with E-state index in [1.807, 2.05) is 0 Å². The van der Waals surface area contributed by atoms with Crippen molar-refractivity contribution in [2.45, 2.75) is 0 Å². The highest BCUT2D eigenvalue weighted by atomic mass is 31.1. The van der Waals surface area contributed by atoms with E-state index in [-0.39, 0.29) is 12.8 Å². The van der Waals surface area contributed by atoms with Gasteiger partial charge < -0.3 is 5.11 Å². The Balaban J connectivity index is 3.21. The molecule has 9 heavy (non-hydrogen) atoms. The third-order valence-electron chi connectivity index (χ3n) is 0.517. The lowest BCUT2D eigenvalue weighted by Crippen LogP contribution is -2.20. The number of nitrogens with one attached hydrogen (secondary N) is 1. The summed E-state index contributed by atoms with van der Waals surface area (Å²) >= 11 is 0. The number of hydrogen-bond acceptors (Lipinski definition) is 4. The summed E-state index contributed by atoms with van der Waals surface area (Å²) in [6, 6.07) is 0. The van der Waals surface area contributed by atoms with Crippen LogP contribution < -0.4 is 5.32 Å². The zero-order valence-electron chi connectivity index (χ0n) is 4.53. The van der Waals surface area contributed by atoms with Gasteiger partial charge in [-0.3, -0.25) is 10.1 Å². The highest BCUT2D eigenvalue weighted by Crippen LogP contribution is 1.95. The third-order valence-corrected chi connectivity index (χ3v) is 0.999. The van der Waals surface area contributed by atoms with Gasteiger partial charge in [-0.05, 0) is 0 Å². The Kier molecular flexibility index (Phi) is 3.92. The van der Waals surface area contributed by atoms with Crippen LogP contribution in [0, 0.1) is 0 Å². The summed E-state index contributed by atoms with van der Waals surface area (Å²) in [5.74, 6) is -1.06. The van der Waals surface area contributed by atoms with Gasteiger partial charge in [-0.1, -0.05) is 0 Å². The van der Waals surface area contributed by atoms with Gasteiger partial charge in [0.1, 0.15) is 6.29 Å². The molecule has 0 spiro atoms. The zero-order valence-corrected chi connectivity index (χ0v) is 5.43. The van der Waals surface area contributed by atoms with Crippen molar-refractivity contribution in [2.75, 3.05) is 12.8 Å². The first-order valence-corrected chi connectivity index (χ1v) is 3.53. The minimum Gasteiger partial charge on any atom is -0.480 e. The van der Waals surface area contributed by atoms with Crippen molar-refractivity contribution in [3.8, 4) is 0 Å². The Labute approximate surface area is 51.9 Å². The molecule has 0 unspecified atom stereocenters. The molecule has 0 aliphatic rings. The topological polar surface area (TPSA) is 83.5 Å². The van der Waals surface area contributed by atoms with Crippen molar-refractivity contribution < 1.29 is 19.0 Å². The second-order valence-electron chi connectivity index (χ2n) is 1.31. The Hall–Kier alpha value is -0.670. The van der Waals surface area contributed by atoms with Crippen LogP contribution in [0.2, 0.25) is 0 Å². The highest BCUT2D eigenvalue weighted by molar-refractivity contribution is 7.30. The quantitative estimate of drug-likeness (QED) is 0.543. The predicted molar refractivity (Wildman–Crippen MR) is 28.8 cm³/mol. The van der Waals surface area contributed by atoms with Crippen molar-refractivity contribution in [2.24, 2.45) is 0 Å². The van der Waals surface area contributed by atoms with Crippen LogP contribution in [-0.4, -0.2) is 23.9 Å². The van der Waals surface area contributed by atoms with E-state index in [2.05, 4.69) is 5.32 Å². The molecule has 5 nitrogen and oxygen atoms in total. The number of carboxylic acid groups (broad SMARTS) is 1. The van der Waals surface area contributed by atoms with E-state index in [0.29, 0.717) is 0 Å². The van der Waals surface area contributed by atoms with Crippen LogP contribution in [0.5, 0.6) is 0 Å². The summed E-state index contributed by atoms with van der Waals surface area (Å²) < 4.78 is 19.5. The van der Waals surface area contributed by atoms with Gasteiger partial charge in [0.05, 0.1) is 6.54 Å². The van der Waals surface area contributed by atoms with Crippen LogP contribution in [0.4, 0.5) is 0 Å². The monoisotopic (exact) mass is 151 g/mol. The standard InChI is InChI=1S/C3H6NO4P/c5-3(6)1-4-2-9(7)8/h4H,1-2H2,(H,5,6). The summed E-state index contributed by atoms with van der Waals surface area (Å²) in [5.41, 5.74) is 0. The summed E-state index contributed by atoms with van der Waals surface area (Å²) in [6.45, 7) is -0.316. The van der Waals surface area contributed by atoms with E-state index in [0.717, 1.165) is 0 Å². The first-order chi connectivity index (χ1) is 4.13. The fourth-order valence-electron chi connectivity index (χ4n) is 0.254. The van der Waals surface area contributed by atoms with E-state index < -0.39 is 13.6 Å². The largest absolute Gasteiger partial charge is 0.480 e. The molecule has 6 heteroatoms. The molecule has 0 aromatic carbocycles. The van der Waals surface area contributed by atoms with Crippen molar-refractivity contribution >= 4 is 13.6 Å². The lowest BCUT2D eigenvalue weighted by atomic mass is 10.7. The average Bonchev–Trinajstić information content (AvgIpc) is 1.63. The molecular weight excluding hydrogens is 145 g/mol. The summed E-state index contributed by atoms with van der Waals surface area (Å²) in [6.07, 6.45) is -0.276. The number of carbonyl (C=O) groups is 1. The number of hydrogen-bond donors (Lipinski definition) is 2. The van der Waals surface area contributed by atoms with E-state index in [9.17, 15) is 13.9 Å². The van der Waals surface area contributed by atoms with Crippen molar-refractivity contribution in [3.05, 3.63) is 0 Å². The van der Waals surface area contributed by atoms with Crippen LogP contribution in [0.1, 0.15) is 0 Å². The van der Waals surface area contributed by atoms with Gasteiger partial charge in [-0.2, -0.15) is 0 Å². The van der Waals surface area contributed by atoms with Crippen LogP contribution in [-0.2, 0) is 13.9 Å². The summed E-state index contributed by atoms with van der Waals surface area (Å²) in [5, 5.41) is 10.2. The number of rotatable bonds is 4. The molecule has 0 aromatic heterocycles. The number of carboxylic acids is 1. The smallest absolute Gasteiger partial charge is 0.329 e. The summed E-state index contributed by atoms with van der Waals surface area (Å²) in [7, 11) is -2.51.